The van der Waals surface area contributed by atoms with Crippen LogP contribution in [0.4, 0.5) is 0 Å². The molecule has 5 nitrogen and oxygen atoms in total. The highest BCUT2D eigenvalue weighted by atomic mass is 16.6. The van der Waals surface area contributed by atoms with E-state index >= 15 is 0 Å². The first-order valence-electron chi connectivity index (χ1n) is 9.03. The normalized spacial score (nSPS) is 16.8. The quantitative estimate of drug-likeness (QED) is 0.840. The van der Waals surface area contributed by atoms with Gasteiger partial charge in [0.25, 0.3) is 5.91 Å². The fourth-order valence-electron chi connectivity index (χ4n) is 3.82. The highest BCUT2D eigenvalue weighted by Crippen LogP contribution is 2.33. The van der Waals surface area contributed by atoms with Crippen molar-refractivity contribution in [3.63, 3.8) is 0 Å². The maximum absolute atomic E-state index is 12.9. The smallest absolute Gasteiger partial charge is 0.255 e. The Balaban J connectivity index is 1.69. The zero-order valence-corrected chi connectivity index (χ0v) is 14.9. The summed E-state index contributed by atoms with van der Waals surface area (Å²) >= 11 is 0. The Kier molecular flexibility index (Phi) is 4.15. The molecule has 2 aliphatic rings. The van der Waals surface area contributed by atoms with Gasteiger partial charge in [0.2, 0.25) is 0 Å². The Morgan fingerprint density at radius 3 is 2.44 bits per heavy atom. The van der Waals surface area contributed by atoms with Gasteiger partial charge in [-0.05, 0) is 51.3 Å². The summed E-state index contributed by atoms with van der Waals surface area (Å²) in [6, 6.07) is 7.95. The van der Waals surface area contributed by atoms with E-state index in [1.165, 1.54) is 6.42 Å². The van der Waals surface area contributed by atoms with E-state index in [-0.39, 0.29) is 5.91 Å². The Labute approximate surface area is 148 Å². The maximum atomic E-state index is 12.9. The molecule has 0 spiro atoms. The van der Waals surface area contributed by atoms with E-state index < -0.39 is 0 Å². The molecule has 1 fully saturated rings. The van der Waals surface area contributed by atoms with Crippen LogP contribution in [0.5, 0.6) is 11.5 Å². The molecule has 25 heavy (non-hydrogen) atoms. The van der Waals surface area contributed by atoms with Crippen molar-refractivity contribution in [3.8, 4) is 17.2 Å². The number of benzene rings is 1. The average Bonchev–Trinajstić information content (AvgIpc) is 2.95. The molecule has 0 saturated carbocycles. The molecule has 1 aromatic heterocycles. The van der Waals surface area contributed by atoms with Gasteiger partial charge in [-0.15, -0.1) is 0 Å². The molecule has 0 aliphatic carbocycles. The summed E-state index contributed by atoms with van der Waals surface area (Å²) in [5.74, 6) is 1.69. The van der Waals surface area contributed by atoms with Crippen LogP contribution in [0.2, 0.25) is 0 Å². The number of nitrogens with zero attached hydrogens (tertiary/aromatic N) is 2. The summed E-state index contributed by atoms with van der Waals surface area (Å²) in [5, 5.41) is 0. The van der Waals surface area contributed by atoms with Gasteiger partial charge in [0.15, 0.2) is 11.5 Å². The number of aromatic nitrogens is 1. The molecule has 1 aromatic carbocycles. The molecule has 3 heterocycles. The Hall–Kier alpha value is -2.43. The molecule has 0 atom stereocenters. The minimum absolute atomic E-state index is 0.150. The van der Waals surface area contributed by atoms with E-state index in [0.717, 1.165) is 60.1 Å². The number of likely N-dealkylation sites (tertiary alicyclic amines) is 1. The number of carbonyl (C=O) groups is 1. The van der Waals surface area contributed by atoms with Crippen LogP contribution in [0.25, 0.3) is 5.69 Å². The molecular weight excluding hydrogens is 316 g/mol. The lowest BCUT2D eigenvalue weighted by Gasteiger charge is -2.26. The van der Waals surface area contributed by atoms with Crippen molar-refractivity contribution in [2.75, 3.05) is 26.3 Å². The van der Waals surface area contributed by atoms with E-state index in [2.05, 4.69) is 4.57 Å². The summed E-state index contributed by atoms with van der Waals surface area (Å²) in [7, 11) is 0. The van der Waals surface area contributed by atoms with Crippen molar-refractivity contribution < 1.29 is 14.3 Å². The van der Waals surface area contributed by atoms with Gasteiger partial charge in [0.05, 0.1) is 5.56 Å². The molecule has 1 saturated heterocycles. The largest absolute Gasteiger partial charge is 0.486 e. The standard InChI is InChI=1S/C20H24N2O3/c1-14-12-17(20(23)21-8-4-3-5-9-21)15(2)22(14)16-6-7-18-19(13-16)25-11-10-24-18/h6-7,12-13H,3-5,8-11H2,1-2H3. The predicted molar refractivity (Wildman–Crippen MR) is 96.0 cm³/mol. The number of carbonyl (C=O) groups excluding carboxylic acids is 1. The van der Waals surface area contributed by atoms with E-state index in [0.29, 0.717) is 13.2 Å². The fourth-order valence-corrected chi connectivity index (χ4v) is 3.82. The molecule has 132 valence electrons. The Morgan fingerprint density at radius 2 is 1.68 bits per heavy atom. The molecule has 2 aliphatic heterocycles. The molecule has 5 heteroatoms. The molecule has 2 aromatic rings. The average molecular weight is 340 g/mol. The summed E-state index contributed by atoms with van der Waals surface area (Å²) < 4.78 is 13.4. The lowest BCUT2D eigenvalue weighted by atomic mass is 10.1. The van der Waals surface area contributed by atoms with Crippen molar-refractivity contribution in [2.24, 2.45) is 0 Å². The van der Waals surface area contributed by atoms with Crippen LogP contribution in [-0.4, -0.2) is 41.7 Å². The molecule has 0 N–H and O–H groups in total. The zero-order valence-electron chi connectivity index (χ0n) is 14.9. The highest BCUT2D eigenvalue weighted by molar-refractivity contribution is 5.96. The number of hydrogen-bond donors (Lipinski definition) is 0. The summed E-state index contributed by atoms with van der Waals surface area (Å²) in [5.41, 5.74) is 3.82. The second-order valence-corrected chi connectivity index (χ2v) is 6.80. The van der Waals surface area contributed by atoms with E-state index in [4.69, 9.17) is 9.47 Å². The Morgan fingerprint density at radius 1 is 0.960 bits per heavy atom. The summed E-state index contributed by atoms with van der Waals surface area (Å²) in [6.07, 6.45) is 3.43. The van der Waals surface area contributed by atoms with Crippen molar-refractivity contribution in [1.82, 2.24) is 9.47 Å². The van der Waals surface area contributed by atoms with Gasteiger partial charge >= 0.3 is 0 Å². The maximum Gasteiger partial charge on any atom is 0.255 e. The van der Waals surface area contributed by atoms with Crippen LogP contribution in [0, 0.1) is 13.8 Å². The predicted octanol–water partition coefficient (Wildman–Crippen LogP) is 3.49. The van der Waals surface area contributed by atoms with Gasteiger partial charge in [-0.25, -0.2) is 0 Å². The number of aryl methyl sites for hydroxylation is 1. The first-order valence-corrected chi connectivity index (χ1v) is 9.03. The van der Waals surface area contributed by atoms with Crippen LogP contribution in [-0.2, 0) is 0 Å². The zero-order chi connectivity index (χ0) is 17.4. The third kappa shape index (κ3) is 2.88. The lowest BCUT2D eigenvalue weighted by molar-refractivity contribution is 0.0723. The minimum Gasteiger partial charge on any atom is -0.486 e. The summed E-state index contributed by atoms with van der Waals surface area (Å²) in [6.45, 7) is 6.94. The van der Waals surface area contributed by atoms with E-state index in [1.54, 1.807) is 0 Å². The van der Waals surface area contributed by atoms with Crippen LogP contribution >= 0.6 is 0 Å². The van der Waals surface area contributed by atoms with Crippen molar-refractivity contribution in [2.45, 2.75) is 33.1 Å². The first kappa shape index (κ1) is 16.1. The molecular formula is C20H24N2O3. The second kappa shape index (κ2) is 6.47. The fraction of sp³-hybridized carbons (Fsp3) is 0.450. The molecule has 4 rings (SSSR count). The number of amides is 1. The number of ether oxygens (including phenoxy) is 2. The van der Waals surface area contributed by atoms with E-state index in [9.17, 15) is 4.79 Å². The van der Waals surface area contributed by atoms with Gasteiger partial charge in [0.1, 0.15) is 13.2 Å². The molecule has 0 unspecified atom stereocenters. The second-order valence-electron chi connectivity index (χ2n) is 6.80. The van der Waals surface area contributed by atoms with Gasteiger partial charge in [-0.2, -0.15) is 0 Å². The third-order valence-corrected chi connectivity index (χ3v) is 5.09. The van der Waals surface area contributed by atoms with Gasteiger partial charge < -0.3 is 18.9 Å². The van der Waals surface area contributed by atoms with Gasteiger partial charge in [-0.1, -0.05) is 0 Å². The SMILES string of the molecule is Cc1cc(C(=O)N2CCCCC2)c(C)n1-c1ccc2c(c1)OCCO2. The Bertz CT molecular complexity index is 804. The van der Waals surface area contributed by atoms with Gasteiger partial charge in [0, 0.05) is 36.2 Å². The monoisotopic (exact) mass is 340 g/mol. The number of fused-ring (bicyclic) bond motifs is 1. The highest BCUT2D eigenvalue weighted by Gasteiger charge is 2.23. The molecule has 0 radical (unpaired) electrons. The van der Waals surface area contributed by atoms with Crippen molar-refractivity contribution >= 4 is 5.91 Å². The van der Waals surface area contributed by atoms with Crippen molar-refractivity contribution in [3.05, 3.63) is 41.2 Å². The molecule has 0 bridgehead atoms. The number of rotatable bonds is 2. The van der Waals surface area contributed by atoms with Gasteiger partial charge in [-0.3, -0.25) is 4.79 Å². The number of hydrogen-bond acceptors (Lipinski definition) is 3. The first-order chi connectivity index (χ1) is 12.1. The van der Waals surface area contributed by atoms with Crippen LogP contribution < -0.4 is 9.47 Å². The van der Waals surface area contributed by atoms with E-state index in [1.807, 2.05) is 43.0 Å². The van der Waals surface area contributed by atoms with Crippen molar-refractivity contribution in [1.29, 1.82) is 0 Å². The summed E-state index contributed by atoms with van der Waals surface area (Å²) in [4.78, 5) is 14.9. The van der Waals surface area contributed by atoms with Crippen LogP contribution in [0.3, 0.4) is 0 Å². The van der Waals surface area contributed by atoms with Crippen LogP contribution in [0.15, 0.2) is 24.3 Å². The lowest BCUT2D eigenvalue weighted by Crippen LogP contribution is -2.35. The number of piperidine rings is 1. The topological polar surface area (TPSA) is 43.7 Å². The molecule has 1 amide bonds. The third-order valence-electron chi connectivity index (χ3n) is 5.09. The van der Waals surface area contributed by atoms with Crippen LogP contribution in [0.1, 0.15) is 41.0 Å². The minimum atomic E-state index is 0.150.